The topological polar surface area (TPSA) is 64.6 Å². The second kappa shape index (κ2) is 8.97. The first kappa shape index (κ1) is 20.0. The third kappa shape index (κ3) is 4.76. The molecule has 0 unspecified atom stereocenters. The fourth-order valence-corrected chi connectivity index (χ4v) is 2.77. The van der Waals surface area contributed by atoms with E-state index in [4.69, 9.17) is 4.74 Å². The third-order valence-electron chi connectivity index (χ3n) is 4.09. The molecule has 0 aliphatic rings. The molecule has 0 aromatic heterocycles. The van der Waals surface area contributed by atoms with Crippen LogP contribution in [-0.2, 0) is 0 Å². The van der Waals surface area contributed by atoms with Crippen molar-refractivity contribution in [3.05, 3.63) is 89.5 Å². The number of carbonyl (C=O) groups excluding carboxylic acids is 2. The normalized spacial score (nSPS) is 10.5. The predicted molar refractivity (Wildman–Crippen MR) is 104 cm³/mol. The number of anilines is 1. The lowest BCUT2D eigenvalue weighted by atomic mass is 9.98. The van der Waals surface area contributed by atoms with E-state index in [0.29, 0.717) is 5.56 Å². The highest BCUT2D eigenvalue weighted by atomic mass is 19.3. The Morgan fingerprint density at radius 3 is 2.17 bits per heavy atom. The molecule has 3 rings (SSSR count). The standard InChI is InChI=1S/C22H17F2NO4/c1-28-18-12-11-15(13-19(18)29-22(23)24)25-21(27)17-10-6-5-9-16(17)20(26)14-7-3-2-4-8-14/h2-13,22H,1H3,(H,25,27). The zero-order valence-electron chi connectivity index (χ0n) is 15.4. The number of halogens is 2. The number of alkyl halides is 2. The van der Waals surface area contributed by atoms with E-state index in [1.165, 1.54) is 31.4 Å². The van der Waals surface area contributed by atoms with Crippen LogP contribution in [0.15, 0.2) is 72.8 Å². The molecular weight excluding hydrogens is 380 g/mol. The highest BCUT2D eigenvalue weighted by Gasteiger charge is 2.19. The molecule has 0 aliphatic carbocycles. The summed E-state index contributed by atoms with van der Waals surface area (Å²) in [6.45, 7) is -3.04. The Morgan fingerprint density at radius 2 is 1.52 bits per heavy atom. The molecular formula is C22H17F2NO4. The van der Waals surface area contributed by atoms with Gasteiger partial charge in [0.2, 0.25) is 0 Å². The number of hydrogen-bond acceptors (Lipinski definition) is 4. The van der Waals surface area contributed by atoms with Gasteiger partial charge >= 0.3 is 6.61 Å². The van der Waals surface area contributed by atoms with E-state index in [-0.39, 0.29) is 34.1 Å². The zero-order valence-corrected chi connectivity index (χ0v) is 15.4. The molecule has 1 amide bonds. The molecule has 5 nitrogen and oxygen atoms in total. The molecule has 3 aromatic carbocycles. The van der Waals surface area contributed by atoms with Crippen LogP contribution in [0.2, 0.25) is 0 Å². The smallest absolute Gasteiger partial charge is 0.387 e. The molecule has 0 heterocycles. The molecule has 7 heteroatoms. The summed E-state index contributed by atoms with van der Waals surface area (Å²) in [4.78, 5) is 25.6. The molecule has 148 valence electrons. The van der Waals surface area contributed by atoms with Gasteiger partial charge in [0.25, 0.3) is 5.91 Å². The highest BCUT2D eigenvalue weighted by Crippen LogP contribution is 2.31. The van der Waals surface area contributed by atoms with Gasteiger partial charge in [0.05, 0.1) is 12.7 Å². The number of amides is 1. The Kier molecular flexibility index (Phi) is 6.19. The number of nitrogens with one attached hydrogen (secondary N) is 1. The van der Waals surface area contributed by atoms with Gasteiger partial charge in [-0.05, 0) is 18.2 Å². The van der Waals surface area contributed by atoms with E-state index in [0.717, 1.165) is 0 Å². The molecule has 0 spiro atoms. The summed E-state index contributed by atoms with van der Waals surface area (Å²) in [5.74, 6) is -0.970. The lowest BCUT2D eigenvalue weighted by Gasteiger charge is -2.13. The summed E-state index contributed by atoms with van der Waals surface area (Å²) >= 11 is 0. The summed E-state index contributed by atoms with van der Waals surface area (Å²) in [5, 5.41) is 2.60. The molecule has 0 radical (unpaired) electrons. The van der Waals surface area contributed by atoms with Crippen molar-refractivity contribution in [2.75, 3.05) is 12.4 Å². The third-order valence-corrected chi connectivity index (χ3v) is 4.09. The maximum absolute atomic E-state index is 12.8. The van der Waals surface area contributed by atoms with E-state index in [2.05, 4.69) is 10.1 Å². The van der Waals surface area contributed by atoms with Crippen LogP contribution in [0, 0.1) is 0 Å². The first-order chi connectivity index (χ1) is 14.0. The van der Waals surface area contributed by atoms with Crippen LogP contribution in [-0.4, -0.2) is 25.4 Å². The molecule has 0 atom stereocenters. The number of rotatable bonds is 7. The number of ketones is 1. The molecule has 0 aliphatic heterocycles. The predicted octanol–water partition coefficient (Wildman–Crippen LogP) is 4.78. The summed E-state index contributed by atoms with van der Waals surface area (Å²) in [7, 11) is 1.32. The van der Waals surface area contributed by atoms with Gasteiger partial charge in [0.15, 0.2) is 17.3 Å². The van der Waals surface area contributed by atoms with E-state index in [9.17, 15) is 18.4 Å². The number of methoxy groups -OCH3 is 1. The van der Waals surface area contributed by atoms with Crippen molar-refractivity contribution in [2.45, 2.75) is 6.61 Å². The minimum absolute atomic E-state index is 0.1000. The average molecular weight is 397 g/mol. The Bertz CT molecular complexity index is 1020. The Morgan fingerprint density at radius 1 is 0.862 bits per heavy atom. The number of carbonyl (C=O) groups is 2. The van der Waals surface area contributed by atoms with Gasteiger partial charge in [0.1, 0.15) is 0 Å². The van der Waals surface area contributed by atoms with E-state index < -0.39 is 12.5 Å². The number of hydrogen-bond donors (Lipinski definition) is 1. The lowest BCUT2D eigenvalue weighted by molar-refractivity contribution is -0.0511. The first-order valence-electron chi connectivity index (χ1n) is 8.62. The number of benzene rings is 3. The number of ether oxygens (including phenoxy) is 2. The summed E-state index contributed by atoms with van der Waals surface area (Å²) in [5.41, 5.74) is 1.06. The monoisotopic (exact) mass is 397 g/mol. The maximum Gasteiger partial charge on any atom is 0.387 e. The van der Waals surface area contributed by atoms with Gasteiger partial charge in [-0.1, -0.05) is 48.5 Å². The van der Waals surface area contributed by atoms with Crippen molar-refractivity contribution < 1.29 is 27.8 Å². The van der Waals surface area contributed by atoms with Crippen molar-refractivity contribution in [1.82, 2.24) is 0 Å². The Hall–Kier alpha value is -3.74. The quantitative estimate of drug-likeness (QED) is 0.583. The second-order valence-electron chi connectivity index (χ2n) is 5.94. The summed E-state index contributed by atoms with van der Waals surface area (Å²) < 4.78 is 34.6. The van der Waals surface area contributed by atoms with Gasteiger partial charge in [-0.25, -0.2) is 0 Å². The van der Waals surface area contributed by atoms with Crippen molar-refractivity contribution in [3.63, 3.8) is 0 Å². The van der Waals surface area contributed by atoms with Gasteiger partial charge in [0, 0.05) is 22.9 Å². The fraction of sp³-hybridized carbons (Fsp3) is 0.0909. The van der Waals surface area contributed by atoms with Crippen LogP contribution < -0.4 is 14.8 Å². The van der Waals surface area contributed by atoms with Crippen molar-refractivity contribution in [1.29, 1.82) is 0 Å². The van der Waals surface area contributed by atoms with Crippen LogP contribution in [0.3, 0.4) is 0 Å². The maximum atomic E-state index is 12.8. The van der Waals surface area contributed by atoms with Crippen LogP contribution in [0.1, 0.15) is 26.3 Å². The summed E-state index contributed by atoms with van der Waals surface area (Å²) in [6.07, 6.45) is 0. The molecule has 3 aromatic rings. The Balaban J connectivity index is 1.88. The minimum Gasteiger partial charge on any atom is -0.493 e. The molecule has 1 N–H and O–H groups in total. The molecule has 0 bridgehead atoms. The lowest BCUT2D eigenvalue weighted by Crippen LogP contribution is -2.17. The van der Waals surface area contributed by atoms with Gasteiger partial charge in [-0.3, -0.25) is 9.59 Å². The fourth-order valence-electron chi connectivity index (χ4n) is 2.77. The Labute approximate surface area is 165 Å². The zero-order chi connectivity index (χ0) is 20.8. The first-order valence-corrected chi connectivity index (χ1v) is 8.62. The van der Waals surface area contributed by atoms with Gasteiger partial charge in [-0.2, -0.15) is 8.78 Å². The van der Waals surface area contributed by atoms with Crippen molar-refractivity contribution in [2.24, 2.45) is 0 Å². The SMILES string of the molecule is COc1ccc(NC(=O)c2ccccc2C(=O)c2ccccc2)cc1OC(F)F. The second-order valence-corrected chi connectivity index (χ2v) is 5.94. The van der Waals surface area contributed by atoms with E-state index >= 15 is 0 Å². The van der Waals surface area contributed by atoms with E-state index in [1.807, 2.05) is 0 Å². The van der Waals surface area contributed by atoms with Crippen LogP contribution >= 0.6 is 0 Å². The van der Waals surface area contributed by atoms with Crippen molar-refractivity contribution >= 4 is 17.4 Å². The molecule has 0 saturated carbocycles. The molecule has 0 fully saturated rings. The summed E-state index contributed by atoms with van der Waals surface area (Å²) in [6, 6.07) is 19.1. The average Bonchev–Trinajstić information content (AvgIpc) is 2.73. The molecule has 29 heavy (non-hydrogen) atoms. The largest absolute Gasteiger partial charge is 0.493 e. The highest BCUT2D eigenvalue weighted by molar-refractivity contribution is 6.17. The van der Waals surface area contributed by atoms with E-state index in [1.54, 1.807) is 48.5 Å². The van der Waals surface area contributed by atoms with Crippen molar-refractivity contribution in [3.8, 4) is 11.5 Å². The van der Waals surface area contributed by atoms with Crippen LogP contribution in [0.25, 0.3) is 0 Å². The van der Waals surface area contributed by atoms with Gasteiger partial charge < -0.3 is 14.8 Å². The van der Waals surface area contributed by atoms with Gasteiger partial charge in [-0.15, -0.1) is 0 Å². The minimum atomic E-state index is -3.04. The van der Waals surface area contributed by atoms with Crippen LogP contribution in [0.4, 0.5) is 14.5 Å². The molecule has 0 saturated heterocycles. The van der Waals surface area contributed by atoms with Crippen LogP contribution in [0.5, 0.6) is 11.5 Å².